The topological polar surface area (TPSA) is 41.6 Å². The van der Waals surface area contributed by atoms with Crippen LogP contribution in [0, 0.1) is 18.6 Å². The van der Waals surface area contributed by atoms with Gasteiger partial charge in [0.15, 0.2) is 0 Å². The second-order valence-corrected chi connectivity index (χ2v) is 5.87. The molecule has 1 aromatic heterocycles. The fraction of sp³-hybridized carbons (Fsp3) is 0.125. The van der Waals surface area contributed by atoms with Gasteiger partial charge in [0.05, 0.1) is 5.69 Å². The van der Waals surface area contributed by atoms with E-state index in [2.05, 4.69) is 15.4 Å². The molecule has 22 heavy (non-hydrogen) atoms. The van der Waals surface area contributed by atoms with Crippen molar-refractivity contribution in [3.05, 3.63) is 65.4 Å². The molecule has 0 bridgehead atoms. The molecule has 112 valence electrons. The van der Waals surface area contributed by atoms with Gasteiger partial charge in [-0.05, 0) is 30.7 Å². The number of nitrogens with one attached hydrogen (secondary N) is 1. The molecule has 1 N–H and O–H groups in total. The van der Waals surface area contributed by atoms with Crippen LogP contribution in [0.4, 0.5) is 8.78 Å². The lowest BCUT2D eigenvalue weighted by Crippen LogP contribution is -1.88. The monoisotopic (exact) mass is 317 g/mol. The smallest absolute Gasteiger partial charge is 0.139 e. The number of aromatic amines is 1. The number of H-pyrrole nitrogens is 1. The Labute approximate surface area is 130 Å². The molecule has 0 spiro atoms. The molecule has 3 nitrogen and oxygen atoms in total. The molecular weight excluding hydrogens is 304 g/mol. The third-order valence-electron chi connectivity index (χ3n) is 3.21. The highest BCUT2D eigenvalue weighted by molar-refractivity contribution is 7.98. The van der Waals surface area contributed by atoms with Gasteiger partial charge in [0.25, 0.3) is 0 Å². The van der Waals surface area contributed by atoms with Crippen LogP contribution in [0.2, 0.25) is 0 Å². The van der Waals surface area contributed by atoms with Crippen LogP contribution < -0.4 is 0 Å². The summed E-state index contributed by atoms with van der Waals surface area (Å²) in [5, 5.41) is 10.6. The van der Waals surface area contributed by atoms with Crippen molar-refractivity contribution in [3.8, 4) is 11.3 Å². The van der Waals surface area contributed by atoms with E-state index in [1.165, 1.54) is 23.9 Å². The van der Waals surface area contributed by atoms with E-state index in [-0.39, 0.29) is 0 Å². The zero-order valence-corrected chi connectivity index (χ0v) is 12.6. The van der Waals surface area contributed by atoms with Crippen LogP contribution in [0.25, 0.3) is 11.3 Å². The highest BCUT2D eigenvalue weighted by Crippen LogP contribution is 2.28. The molecule has 0 fully saturated rings. The lowest BCUT2D eigenvalue weighted by molar-refractivity contribution is 0.565. The van der Waals surface area contributed by atoms with Gasteiger partial charge in [0.2, 0.25) is 0 Å². The highest BCUT2D eigenvalue weighted by atomic mass is 32.2. The van der Waals surface area contributed by atoms with E-state index in [9.17, 15) is 8.78 Å². The van der Waals surface area contributed by atoms with E-state index < -0.39 is 11.6 Å². The first-order valence-electron chi connectivity index (χ1n) is 6.68. The van der Waals surface area contributed by atoms with Crippen LogP contribution in [0.3, 0.4) is 0 Å². The summed E-state index contributed by atoms with van der Waals surface area (Å²) in [6, 6.07) is 11.5. The van der Waals surface area contributed by atoms with Gasteiger partial charge in [-0.1, -0.05) is 23.4 Å². The Hall–Kier alpha value is -2.21. The Kier molecular flexibility index (Phi) is 4.20. The summed E-state index contributed by atoms with van der Waals surface area (Å²) in [6.07, 6.45) is 0. The number of halogens is 2. The van der Waals surface area contributed by atoms with E-state index in [1.807, 2.05) is 31.2 Å². The average Bonchev–Trinajstić information content (AvgIpc) is 2.93. The lowest BCUT2D eigenvalue weighted by atomic mass is 10.1. The van der Waals surface area contributed by atoms with Gasteiger partial charge in [0.1, 0.15) is 17.3 Å². The van der Waals surface area contributed by atoms with Gasteiger partial charge in [-0.3, -0.25) is 5.10 Å². The number of hydrogen-bond donors (Lipinski definition) is 1. The van der Waals surface area contributed by atoms with Crippen molar-refractivity contribution in [2.24, 2.45) is 0 Å². The SMILES string of the molecule is Cc1[nH]nnc1-c1cccc(CSc2ccc(F)cc2F)c1. The molecule has 3 rings (SSSR count). The van der Waals surface area contributed by atoms with Crippen LogP contribution in [0.5, 0.6) is 0 Å². The molecule has 0 aliphatic rings. The fourth-order valence-corrected chi connectivity index (χ4v) is 2.98. The van der Waals surface area contributed by atoms with Gasteiger partial charge in [-0.2, -0.15) is 0 Å². The minimum atomic E-state index is -0.564. The number of nitrogens with zero attached hydrogens (tertiary/aromatic N) is 2. The molecule has 6 heteroatoms. The van der Waals surface area contributed by atoms with Gasteiger partial charge in [0, 0.05) is 22.3 Å². The molecule has 2 aromatic carbocycles. The molecule has 0 saturated heterocycles. The fourth-order valence-electron chi connectivity index (χ4n) is 2.11. The minimum absolute atomic E-state index is 0.435. The highest BCUT2D eigenvalue weighted by Gasteiger charge is 2.08. The first kappa shape index (κ1) is 14.7. The van der Waals surface area contributed by atoms with Gasteiger partial charge >= 0.3 is 0 Å². The van der Waals surface area contributed by atoms with E-state index in [4.69, 9.17) is 0 Å². The number of rotatable bonds is 4. The van der Waals surface area contributed by atoms with Crippen LogP contribution in [0.15, 0.2) is 47.4 Å². The molecule has 0 aliphatic carbocycles. The predicted molar refractivity (Wildman–Crippen MR) is 82.5 cm³/mol. The van der Waals surface area contributed by atoms with E-state index in [0.717, 1.165) is 28.6 Å². The molecule has 1 heterocycles. The van der Waals surface area contributed by atoms with Crippen molar-refractivity contribution < 1.29 is 8.78 Å². The zero-order chi connectivity index (χ0) is 15.5. The summed E-state index contributed by atoms with van der Waals surface area (Å²) in [4.78, 5) is 0.435. The second-order valence-electron chi connectivity index (χ2n) is 4.85. The Balaban J connectivity index is 1.77. The van der Waals surface area contributed by atoms with Crippen molar-refractivity contribution in [1.82, 2.24) is 15.4 Å². The maximum Gasteiger partial charge on any atom is 0.139 e. The Bertz CT molecular complexity index is 802. The molecule has 0 unspecified atom stereocenters. The van der Waals surface area contributed by atoms with Crippen LogP contribution in [-0.2, 0) is 5.75 Å². The number of benzene rings is 2. The van der Waals surface area contributed by atoms with Crippen LogP contribution in [0.1, 0.15) is 11.3 Å². The summed E-state index contributed by atoms with van der Waals surface area (Å²) < 4.78 is 26.5. The molecule has 0 radical (unpaired) electrons. The normalized spacial score (nSPS) is 10.9. The third-order valence-corrected chi connectivity index (χ3v) is 4.33. The second kappa shape index (κ2) is 6.27. The number of aryl methyl sites for hydroxylation is 1. The maximum absolute atomic E-state index is 13.6. The minimum Gasteiger partial charge on any atom is -0.262 e. The van der Waals surface area contributed by atoms with Gasteiger partial charge in [-0.15, -0.1) is 16.9 Å². The number of thioether (sulfide) groups is 1. The summed E-state index contributed by atoms with van der Waals surface area (Å²) in [6.45, 7) is 1.91. The van der Waals surface area contributed by atoms with Crippen LogP contribution in [-0.4, -0.2) is 15.4 Å². The first-order chi connectivity index (χ1) is 10.6. The van der Waals surface area contributed by atoms with Crippen molar-refractivity contribution in [2.45, 2.75) is 17.6 Å². The quantitative estimate of drug-likeness (QED) is 0.727. The van der Waals surface area contributed by atoms with E-state index in [1.54, 1.807) is 0 Å². The number of aromatic nitrogens is 3. The maximum atomic E-state index is 13.6. The molecular formula is C16H13F2N3S. The Morgan fingerprint density at radius 3 is 2.73 bits per heavy atom. The Morgan fingerprint density at radius 2 is 2.00 bits per heavy atom. The molecule has 0 atom stereocenters. The van der Waals surface area contributed by atoms with Crippen LogP contribution >= 0.6 is 11.8 Å². The molecule has 0 aliphatic heterocycles. The summed E-state index contributed by atoms with van der Waals surface area (Å²) in [7, 11) is 0. The van der Waals surface area contributed by atoms with Gasteiger partial charge < -0.3 is 0 Å². The molecule has 3 aromatic rings. The zero-order valence-electron chi connectivity index (χ0n) is 11.8. The standard InChI is InChI=1S/C16H13F2N3S/c1-10-16(20-21-19-10)12-4-2-3-11(7-12)9-22-15-6-5-13(17)8-14(15)18/h2-8H,9H2,1H3,(H,19,20,21). The largest absolute Gasteiger partial charge is 0.262 e. The number of hydrogen-bond acceptors (Lipinski definition) is 3. The molecule has 0 amide bonds. The lowest BCUT2D eigenvalue weighted by Gasteiger charge is -2.05. The average molecular weight is 317 g/mol. The summed E-state index contributed by atoms with van der Waals surface area (Å²) in [5.74, 6) is -0.508. The Morgan fingerprint density at radius 1 is 1.14 bits per heavy atom. The summed E-state index contributed by atoms with van der Waals surface area (Å²) in [5.41, 5.74) is 3.70. The van der Waals surface area contributed by atoms with Crippen molar-refractivity contribution in [2.75, 3.05) is 0 Å². The van der Waals surface area contributed by atoms with Gasteiger partial charge in [-0.25, -0.2) is 8.78 Å². The third kappa shape index (κ3) is 3.17. The van der Waals surface area contributed by atoms with Crippen molar-refractivity contribution >= 4 is 11.8 Å². The predicted octanol–water partition coefficient (Wildman–Crippen LogP) is 4.35. The van der Waals surface area contributed by atoms with E-state index in [0.29, 0.717) is 10.6 Å². The van der Waals surface area contributed by atoms with Crippen molar-refractivity contribution in [1.29, 1.82) is 0 Å². The summed E-state index contributed by atoms with van der Waals surface area (Å²) >= 11 is 1.33. The van der Waals surface area contributed by atoms with Crippen molar-refractivity contribution in [3.63, 3.8) is 0 Å². The molecule has 0 saturated carbocycles. The first-order valence-corrected chi connectivity index (χ1v) is 7.67. The van der Waals surface area contributed by atoms with E-state index >= 15 is 0 Å².